The first kappa shape index (κ1) is 16.3. The van der Waals surface area contributed by atoms with Crippen molar-refractivity contribution >= 4 is 23.1 Å². The van der Waals surface area contributed by atoms with Gasteiger partial charge in [0.2, 0.25) is 0 Å². The second-order valence-electron chi connectivity index (χ2n) is 6.37. The van der Waals surface area contributed by atoms with Crippen LogP contribution >= 0.6 is 11.6 Å². The number of anilines is 1. The van der Waals surface area contributed by atoms with Gasteiger partial charge in [0, 0.05) is 22.8 Å². The maximum absolute atomic E-state index is 10.2. The minimum absolute atomic E-state index is 0.204. The van der Waals surface area contributed by atoms with Gasteiger partial charge in [0.25, 0.3) is 0 Å². The summed E-state index contributed by atoms with van der Waals surface area (Å²) in [5.41, 5.74) is 2.34. The Morgan fingerprint density at radius 3 is 2.76 bits per heavy atom. The Hall–Kier alpha value is -2.15. The van der Waals surface area contributed by atoms with Crippen molar-refractivity contribution in [1.29, 1.82) is 0 Å². The first-order chi connectivity index (χ1) is 12.0. The fraction of sp³-hybridized carbons (Fsp3) is 0.278. The predicted octanol–water partition coefficient (Wildman–Crippen LogP) is 2.41. The van der Waals surface area contributed by atoms with E-state index < -0.39 is 12.2 Å². The van der Waals surface area contributed by atoms with Crippen LogP contribution in [0.3, 0.4) is 0 Å². The lowest BCUT2D eigenvalue weighted by Crippen LogP contribution is -2.35. The van der Waals surface area contributed by atoms with E-state index in [1.165, 1.54) is 0 Å². The van der Waals surface area contributed by atoms with Crippen molar-refractivity contribution < 1.29 is 10.2 Å². The molecule has 4 atom stereocenters. The zero-order chi connectivity index (χ0) is 17.6. The quantitative estimate of drug-likeness (QED) is 0.670. The highest BCUT2D eigenvalue weighted by Gasteiger charge is 2.39. The van der Waals surface area contributed by atoms with E-state index >= 15 is 0 Å². The highest BCUT2D eigenvalue weighted by molar-refractivity contribution is 6.30. The molecule has 2 aromatic heterocycles. The minimum atomic E-state index is -0.867. The van der Waals surface area contributed by atoms with E-state index in [0.29, 0.717) is 22.9 Å². The largest absolute Gasteiger partial charge is 0.390 e. The summed E-state index contributed by atoms with van der Waals surface area (Å²) < 4.78 is 1.69. The van der Waals surface area contributed by atoms with Gasteiger partial charge in [-0.2, -0.15) is 9.61 Å². The van der Waals surface area contributed by atoms with E-state index in [1.807, 2.05) is 30.3 Å². The van der Waals surface area contributed by atoms with Gasteiger partial charge in [-0.1, -0.05) is 23.7 Å². The SMILES string of the molecule is [CH2][C@@H]1C[C@@H](Nc2ccnc3cc(-c4cccc(Cl)c4)nn23)[C@H](O)[C@@H]1O. The Morgan fingerprint density at radius 2 is 2.04 bits per heavy atom. The molecule has 4 rings (SSSR count). The van der Waals surface area contributed by atoms with Crippen LogP contribution in [0.4, 0.5) is 5.82 Å². The van der Waals surface area contributed by atoms with Crippen LogP contribution in [0.2, 0.25) is 5.02 Å². The summed E-state index contributed by atoms with van der Waals surface area (Å²) in [6.07, 6.45) is 0.568. The fourth-order valence-electron chi connectivity index (χ4n) is 3.25. The number of nitrogens with one attached hydrogen (secondary N) is 1. The minimum Gasteiger partial charge on any atom is -0.390 e. The van der Waals surface area contributed by atoms with E-state index in [1.54, 1.807) is 16.8 Å². The van der Waals surface area contributed by atoms with Crippen LogP contribution in [-0.2, 0) is 0 Å². The average Bonchev–Trinajstić information content (AvgIpc) is 3.13. The van der Waals surface area contributed by atoms with Crippen molar-refractivity contribution in [3.63, 3.8) is 0 Å². The fourth-order valence-corrected chi connectivity index (χ4v) is 3.44. The summed E-state index contributed by atoms with van der Waals surface area (Å²) in [4.78, 5) is 4.34. The molecule has 1 fully saturated rings. The summed E-state index contributed by atoms with van der Waals surface area (Å²) in [5, 5.41) is 28.6. The van der Waals surface area contributed by atoms with Crippen LogP contribution in [0.1, 0.15) is 6.42 Å². The van der Waals surface area contributed by atoms with Crippen molar-refractivity contribution in [3.05, 3.63) is 54.5 Å². The van der Waals surface area contributed by atoms with E-state index in [2.05, 4.69) is 22.3 Å². The van der Waals surface area contributed by atoms with Gasteiger partial charge < -0.3 is 15.5 Å². The smallest absolute Gasteiger partial charge is 0.157 e. The topological polar surface area (TPSA) is 82.7 Å². The molecule has 3 aromatic rings. The molecule has 1 aliphatic rings. The molecule has 7 heteroatoms. The van der Waals surface area contributed by atoms with Gasteiger partial charge in [-0.05, 0) is 37.5 Å². The molecule has 0 spiro atoms. The number of fused-ring (bicyclic) bond motifs is 1. The number of aliphatic hydroxyl groups is 2. The number of aromatic nitrogens is 3. The highest BCUT2D eigenvalue weighted by atomic mass is 35.5. The summed E-state index contributed by atoms with van der Waals surface area (Å²) in [6, 6.07) is 10.8. The van der Waals surface area contributed by atoms with Gasteiger partial charge in [0.1, 0.15) is 11.9 Å². The van der Waals surface area contributed by atoms with Crippen LogP contribution in [-0.4, -0.2) is 43.1 Å². The summed E-state index contributed by atoms with van der Waals surface area (Å²) in [6.45, 7) is 3.88. The molecule has 0 aliphatic heterocycles. The normalized spacial score (nSPS) is 26.2. The number of benzene rings is 1. The highest BCUT2D eigenvalue weighted by Crippen LogP contribution is 2.29. The molecule has 25 heavy (non-hydrogen) atoms. The van der Waals surface area contributed by atoms with Crippen LogP contribution in [0, 0.1) is 12.8 Å². The second kappa shape index (κ2) is 6.29. The van der Waals surface area contributed by atoms with Crippen LogP contribution in [0.5, 0.6) is 0 Å². The molecule has 129 valence electrons. The van der Waals surface area contributed by atoms with Gasteiger partial charge in [-0.25, -0.2) is 4.98 Å². The van der Waals surface area contributed by atoms with Gasteiger partial charge in [-0.15, -0.1) is 0 Å². The third-order valence-electron chi connectivity index (χ3n) is 4.61. The molecule has 0 saturated heterocycles. The Morgan fingerprint density at radius 1 is 1.20 bits per heavy atom. The zero-order valence-corrected chi connectivity index (χ0v) is 14.1. The molecule has 0 unspecified atom stereocenters. The monoisotopic (exact) mass is 357 g/mol. The average molecular weight is 358 g/mol. The summed E-state index contributed by atoms with van der Waals surface area (Å²) in [5.74, 6) is 0.494. The number of halogens is 1. The number of nitrogens with zero attached hydrogens (tertiary/aromatic N) is 3. The molecule has 0 bridgehead atoms. The molecule has 2 heterocycles. The number of hydrogen-bond acceptors (Lipinski definition) is 5. The zero-order valence-electron chi connectivity index (χ0n) is 13.4. The molecule has 6 nitrogen and oxygen atoms in total. The Balaban J connectivity index is 1.69. The van der Waals surface area contributed by atoms with Gasteiger partial charge in [0.15, 0.2) is 5.65 Å². The summed E-state index contributed by atoms with van der Waals surface area (Å²) in [7, 11) is 0. The molecule has 1 aliphatic carbocycles. The molecular weight excluding hydrogens is 340 g/mol. The lowest BCUT2D eigenvalue weighted by Gasteiger charge is -2.19. The van der Waals surface area contributed by atoms with E-state index in [9.17, 15) is 10.2 Å². The molecular formula is C18H18ClN4O2. The molecule has 0 amide bonds. The summed E-state index contributed by atoms with van der Waals surface area (Å²) >= 11 is 6.06. The van der Waals surface area contributed by atoms with E-state index in [-0.39, 0.29) is 12.0 Å². The predicted molar refractivity (Wildman–Crippen MR) is 96.3 cm³/mol. The first-order valence-corrected chi connectivity index (χ1v) is 8.47. The Labute approximate surface area is 150 Å². The molecule has 1 radical (unpaired) electrons. The third kappa shape index (κ3) is 2.97. The second-order valence-corrected chi connectivity index (χ2v) is 6.80. The first-order valence-electron chi connectivity index (χ1n) is 8.09. The van der Waals surface area contributed by atoms with Gasteiger partial charge in [-0.3, -0.25) is 0 Å². The van der Waals surface area contributed by atoms with Crippen molar-refractivity contribution in [2.24, 2.45) is 5.92 Å². The van der Waals surface area contributed by atoms with Crippen LogP contribution < -0.4 is 5.32 Å². The van der Waals surface area contributed by atoms with Crippen LogP contribution in [0.15, 0.2) is 42.6 Å². The lowest BCUT2D eigenvalue weighted by atomic mass is 10.1. The molecule has 1 saturated carbocycles. The van der Waals surface area contributed by atoms with E-state index in [4.69, 9.17) is 11.6 Å². The van der Waals surface area contributed by atoms with Crippen LogP contribution in [0.25, 0.3) is 16.9 Å². The number of hydrogen-bond donors (Lipinski definition) is 3. The molecule has 3 N–H and O–H groups in total. The van der Waals surface area contributed by atoms with Gasteiger partial charge in [0.05, 0.1) is 17.8 Å². The lowest BCUT2D eigenvalue weighted by molar-refractivity contribution is 0.0256. The van der Waals surface area contributed by atoms with Crippen molar-refractivity contribution in [2.45, 2.75) is 24.7 Å². The van der Waals surface area contributed by atoms with Crippen molar-refractivity contribution in [2.75, 3.05) is 5.32 Å². The van der Waals surface area contributed by atoms with E-state index in [0.717, 1.165) is 11.3 Å². The maximum Gasteiger partial charge on any atom is 0.157 e. The number of aliphatic hydroxyl groups excluding tert-OH is 2. The maximum atomic E-state index is 10.2. The van der Waals surface area contributed by atoms with Crippen molar-refractivity contribution in [3.8, 4) is 11.3 Å². The van der Waals surface area contributed by atoms with Gasteiger partial charge >= 0.3 is 0 Å². The standard InChI is InChI=1S/C18H18ClN4O2/c1-10-7-14(18(25)17(10)24)21-15-5-6-20-16-9-13(22-23(15)16)11-3-2-4-12(19)8-11/h2-6,8-10,14,17-18,21,24-25H,1,7H2/t10-,14-,17-,18+/m1/s1. The van der Waals surface area contributed by atoms with Crippen molar-refractivity contribution in [1.82, 2.24) is 14.6 Å². The number of rotatable bonds is 3. The Kier molecular flexibility index (Phi) is 4.11. The third-order valence-corrected chi connectivity index (χ3v) is 4.85. The Bertz CT molecular complexity index is 913. The molecule has 1 aromatic carbocycles.